The molecule has 4 unspecified atom stereocenters. The Kier molecular flexibility index (Phi) is 9.95. The zero-order valence-corrected chi connectivity index (χ0v) is 28.4. The van der Waals surface area contributed by atoms with Crippen LogP contribution in [-0.4, -0.2) is 124 Å². The fraction of sp³-hybridized carbons (Fsp3) is 0.529. The third-order valence-electron chi connectivity index (χ3n) is 10.0. The van der Waals surface area contributed by atoms with Crippen LogP contribution < -0.4 is 4.74 Å². The van der Waals surface area contributed by atoms with Crippen molar-refractivity contribution >= 4 is 35.6 Å². The number of amidine groups is 1. The van der Waals surface area contributed by atoms with E-state index in [9.17, 15) is 34.8 Å². The number of Topliss-reactive ketones (excluding diaryl/α,β-unsaturated/α-hetero) is 1. The average molecular weight is 688 g/mol. The maximum absolute atomic E-state index is 13.9. The van der Waals surface area contributed by atoms with E-state index in [0.717, 1.165) is 32.0 Å². The van der Waals surface area contributed by atoms with Gasteiger partial charge in [-0.15, -0.1) is 12.4 Å². The number of phenols is 2. The number of halogens is 1. The van der Waals surface area contributed by atoms with Crippen molar-refractivity contribution in [3.8, 4) is 17.2 Å². The van der Waals surface area contributed by atoms with Gasteiger partial charge in [-0.25, -0.2) is 0 Å². The summed E-state index contributed by atoms with van der Waals surface area (Å²) in [6.07, 6.45) is -4.53. The lowest BCUT2D eigenvalue weighted by Gasteiger charge is -2.42. The quantitative estimate of drug-likeness (QED) is 0.175. The fourth-order valence-electron chi connectivity index (χ4n) is 7.18. The molecular weight excluding hydrogens is 646 g/mol. The molecule has 260 valence electrons. The molecule has 2 aliphatic heterocycles. The number of ether oxygens (including phenoxy) is 3. The van der Waals surface area contributed by atoms with Gasteiger partial charge < -0.3 is 44.4 Å². The smallest absolute Gasteiger partial charge is 0.202 e. The Morgan fingerprint density at radius 2 is 1.71 bits per heavy atom. The van der Waals surface area contributed by atoms with Crippen molar-refractivity contribution in [2.45, 2.75) is 76.3 Å². The summed E-state index contributed by atoms with van der Waals surface area (Å²) in [6.45, 7) is 8.16. The molecule has 48 heavy (non-hydrogen) atoms. The predicted molar refractivity (Wildman–Crippen MR) is 176 cm³/mol. The van der Waals surface area contributed by atoms with E-state index in [1.54, 1.807) is 6.92 Å². The summed E-state index contributed by atoms with van der Waals surface area (Å²) >= 11 is 0. The van der Waals surface area contributed by atoms with E-state index in [-0.39, 0.29) is 53.3 Å². The summed E-state index contributed by atoms with van der Waals surface area (Å²) in [5.41, 5.74) is -3.01. The molecule has 6 atom stereocenters. The number of aliphatic hydroxyl groups excluding tert-OH is 1. The number of phenolic OH excluding ortho intramolecular Hbond substituents is 2. The molecule has 2 saturated heterocycles. The Labute approximate surface area is 284 Å². The third kappa shape index (κ3) is 5.97. The lowest BCUT2D eigenvalue weighted by Crippen LogP contribution is -2.50. The summed E-state index contributed by atoms with van der Waals surface area (Å²) in [5, 5.41) is 45.8. The monoisotopic (exact) mass is 687 g/mol. The second kappa shape index (κ2) is 13.4. The van der Waals surface area contributed by atoms with Crippen LogP contribution >= 0.6 is 12.4 Å². The average Bonchev–Trinajstić information content (AvgIpc) is 3.03. The van der Waals surface area contributed by atoms with Crippen molar-refractivity contribution in [3.63, 3.8) is 0 Å². The molecule has 14 heteroatoms. The molecule has 0 aromatic heterocycles. The summed E-state index contributed by atoms with van der Waals surface area (Å²) in [5.74, 6) is -2.36. The first-order valence-corrected chi connectivity index (χ1v) is 15.8. The molecule has 2 aliphatic carbocycles. The van der Waals surface area contributed by atoms with Gasteiger partial charge in [0.1, 0.15) is 29.0 Å². The van der Waals surface area contributed by atoms with Gasteiger partial charge in [0, 0.05) is 62.1 Å². The normalized spacial score (nSPS) is 29.0. The number of carbonyl (C=O) groups excluding carboxylic acids is 3. The first-order valence-electron chi connectivity index (χ1n) is 15.8. The van der Waals surface area contributed by atoms with Crippen LogP contribution in [0.4, 0.5) is 0 Å². The third-order valence-corrected chi connectivity index (χ3v) is 10.0. The largest absolute Gasteiger partial charge is 0.507 e. The van der Waals surface area contributed by atoms with Crippen molar-refractivity contribution in [2.24, 2.45) is 4.99 Å². The highest BCUT2D eigenvalue weighted by Gasteiger charge is 2.49. The summed E-state index contributed by atoms with van der Waals surface area (Å²) in [4.78, 5) is 49.6. The van der Waals surface area contributed by atoms with Gasteiger partial charge in [0.15, 0.2) is 17.9 Å². The standard InChI is InChI=1S/C34H41N3O10.ClH/c1-16-29(39)21(35-18(3)37-11-9-36(4)10-12-37)13-24(46-16)47-23-15-34(44,17(2)38)14-20-26(23)33(43)28-27(31(20)41)30(40)19-7-6-8-22(45-5)25(19)32(28)42;/h6-8,16,21,23-24,29,39,41,43-44H,9-15H2,1-5H3;1H/t16?,21-,23+,24?,29?,34?;/m1./s1. The molecule has 4 N–H and O–H groups in total. The van der Waals surface area contributed by atoms with Crippen LogP contribution in [-0.2, 0) is 20.7 Å². The van der Waals surface area contributed by atoms with Gasteiger partial charge in [-0.05, 0) is 33.9 Å². The molecule has 13 nitrogen and oxygen atoms in total. The Balaban J connectivity index is 0.00000451. The zero-order valence-electron chi connectivity index (χ0n) is 27.6. The number of hydrogen-bond donors (Lipinski definition) is 4. The lowest BCUT2D eigenvalue weighted by molar-refractivity contribution is -0.247. The van der Waals surface area contributed by atoms with Crippen LogP contribution in [0, 0.1) is 0 Å². The molecule has 0 saturated carbocycles. The number of carbonyl (C=O) groups is 3. The molecule has 2 heterocycles. The maximum atomic E-state index is 13.9. The molecule has 6 rings (SSSR count). The molecule has 0 amide bonds. The minimum Gasteiger partial charge on any atom is -0.507 e. The number of fused-ring (bicyclic) bond motifs is 3. The van der Waals surface area contributed by atoms with Gasteiger partial charge in [-0.2, -0.15) is 0 Å². The van der Waals surface area contributed by atoms with Crippen molar-refractivity contribution in [1.82, 2.24) is 9.80 Å². The first-order chi connectivity index (χ1) is 22.2. The van der Waals surface area contributed by atoms with Gasteiger partial charge in [0.25, 0.3) is 0 Å². The van der Waals surface area contributed by atoms with Gasteiger partial charge in [-0.1, -0.05) is 12.1 Å². The van der Waals surface area contributed by atoms with Crippen LogP contribution in [0.15, 0.2) is 23.2 Å². The van der Waals surface area contributed by atoms with Gasteiger partial charge in [-0.3, -0.25) is 19.4 Å². The highest BCUT2D eigenvalue weighted by atomic mass is 35.5. The van der Waals surface area contributed by atoms with Crippen LogP contribution in [0.1, 0.15) is 82.7 Å². The summed E-state index contributed by atoms with van der Waals surface area (Å²) in [6, 6.07) is 3.87. The highest BCUT2D eigenvalue weighted by molar-refractivity contribution is 6.31. The van der Waals surface area contributed by atoms with Gasteiger partial charge in [0.05, 0.1) is 47.9 Å². The highest BCUT2D eigenvalue weighted by Crippen LogP contribution is 2.52. The Bertz CT molecular complexity index is 1670. The Morgan fingerprint density at radius 3 is 2.35 bits per heavy atom. The molecule has 0 bridgehead atoms. The van der Waals surface area contributed by atoms with E-state index in [1.807, 2.05) is 6.92 Å². The van der Waals surface area contributed by atoms with Gasteiger partial charge in [0.2, 0.25) is 5.78 Å². The van der Waals surface area contributed by atoms with Crippen LogP contribution in [0.5, 0.6) is 17.2 Å². The van der Waals surface area contributed by atoms with Crippen molar-refractivity contribution < 1.29 is 49.0 Å². The van der Waals surface area contributed by atoms with E-state index in [2.05, 4.69) is 16.8 Å². The second-order valence-electron chi connectivity index (χ2n) is 13.0. The minimum absolute atomic E-state index is 0. The first kappa shape index (κ1) is 35.7. The van der Waals surface area contributed by atoms with Crippen LogP contribution in [0.3, 0.4) is 0 Å². The van der Waals surface area contributed by atoms with Gasteiger partial charge >= 0.3 is 0 Å². The number of hydrogen-bond acceptors (Lipinski definition) is 12. The summed E-state index contributed by atoms with van der Waals surface area (Å²) in [7, 11) is 3.41. The number of piperazine rings is 1. The molecule has 4 aliphatic rings. The summed E-state index contributed by atoms with van der Waals surface area (Å²) < 4.78 is 17.7. The number of benzene rings is 2. The Hall–Kier alpha value is -3.59. The predicted octanol–water partition coefficient (Wildman–Crippen LogP) is 2.16. The van der Waals surface area contributed by atoms with Crippen LogP contribution in [0.25, 0.3) is 0 Å². The molecule has 2 aromatic rings. The number of ketones is 3. The SMILES string of the molecule is COc1cccc2c1C(=O)c1c(O)c3c(c(O)c1C2=O)CC(O)(C(C)=O)C[C@@H]3OC1C[C@@H](N=C(C)N2CCN(C)CC2)C(O)C(C)O1.Cl. The van der Waals surface area contributed by atoms with E-state index >= 15 is 0 Å². The number of nitrogens with zero attached hydrogens (tertiary/aromatic N) is 3. The molecule has 2 fully saturated rings. The molecular formula is C34H42ClN3O10. The number of methoxy groups -OCH3 is 1. The lowest BCUT2D eigenvalue weighted by atomic mass is 9.72. The molecule has 0 spiro atoms. The maximum Gasteiger partial charge on any atom is 0.202 e. The van der Waals surface area contributed by atoms with E-state index in [4.69, 9.17) is 19.2 Å². The van der Waals surface area contributed by atoms with Crippen molar-refractivity contribution in [2.75, 3.05) is 40.3 Å². The topological polar surface area (TPSA) is 179 Å². The minimum atomic E-state index is -2.02. The van der Waals surface area contributed by atoms with E-state index in [1.165, 1.54) is 32.2 Å². The van der Waals surface area contributed by atoms with Crippen LogP contribution in [0.2, 0.25) is 0 Å². The van der Waals surface area contributed by atoms with E-state index in [0.29, 0.717) is 0 Å². The number of rotatable bonds is 5. The van der Waals surface area contributed by atoms with Crippen molar-refractivity contribution in [1.29, 1.82) is 0 Å². The molecule has 2 aromatic carbocycles. The number of aromatic hydroxyl groups is 2. The molecule has 0 radical (unpaired) electrons. The Morgan fingerprint density at radius 1 is 1.04 bits per heavy atom. The number of aliphatic hydroxyl groups is 2. The zero-order chi connectivity index (χ0) is 33.9. The van der Waals surface area contributed by atoms with Crippen molar-refractivity contribution in [3.05, 3.63) is 51.6 Å². The fourth-order valence-corrected chi connectivity index (χ4v) is 7.18. The number of aliphatic imine (C=N–C) groups is 1. The van der Waals surface area contributed by atoms with E-state index < -0.39 is 82.6 Å². The second-order valence-corrected chi connectivity index (χ2v) is 13.0. The number of likely N-dealkylation sites (N-methyl/N-ethyl adjacent to an activating group) is 1.